The molecule has 1 aromatic carbocycles. The average molecular weight is 369 g/mol. The first kappa shape index (κ1) is 18.1. The van der Waals surface area contributed by atoms with Gasteiger partial charge in [-0.2, -0.15) is 0 Å². The maximum Gasteiger partial charge on any atom is 0.316 e. The summed E-state index contributed by atoms with van der Waals surface area (Å²) < 4.78 is 58.1. The normalized spacial score (nSPS) is 19.8. The molecule has 1 amide bonds. The summed E-state index contributed by atoms with van der Waals surface area (Å²) in [5.74, 6) is -5.89. The van der Waals surface area contributed by atoms with Crippen LogP contribution in [0.4, 0.5) is 17.6 Å². The van der Waals surface area contributed by atoms with Crippen molar-refractivity contribution >= 4 is 5.91 Å². The van der Waals surface area contributed by atoms with E-state index in [1.165, 1.54) is 0 Å². The highest BCUT2D eigenvalue weighted by Crippen LogP contribution is 2.23. The molecule has 26 heavy (non-hydrogen) atoms. The Morgan fingerprint density at radius 2 is 1.65 bits per heavy atom. The molecule has 1 aromatic heterocycles. The maximum absolute atomic E-state index is 13.7. The van der Waals surface area contributed by atoms with Gasteiger partial charge in [0.15, 0.2) is 23.3 Å². The van der Waals surface area contributed by atoms with Gasteiger partial charge in [0.1, 0.15) is 6.10 Å². The van der Waals surface area contributed by atoms with Gasteiger partial charge in [-0.1, -0.05) is 0 Å². The molecule has 0 bridgehead atoms. The van der Waals surface area contributed by atoms with Crippen molar-refractivity contribution in [3.63, 3.8) is 0 Å². The molecule has 2 aromatic rings. The van der Waals surface area contributed by atoms with Crippen molar-refractivity contribution in [1.82, 2.24) is 15.3 Å². The summed E-state index contributed by atoms with van der Waals surface area (Å²) >= 11 is 0. The zero-order valence-corrected chi connectivity index (χ0v) is 13.5. The summed E-state index contributed by atoms with van der Waals surface area (Å²) in [6.07, 6.45) is 4.06. The van der Waals surface area contributed by atoms with Crippen LogP contribution >= 0.6 is 0 Å². The fourth-order valence-electron chi connectivity index (χ4n) is 2.80. The van der Waals surface area contributed by atoms with E-state index in [0.29, 0.717) is 31.7 Å². The summed E-state index contributed by atoms with van der Waals surface area (Å²) in [6, 6.07) is 1.44. The number of rotatable bonds is 4. The average Bonchev–Trinajstić information content (AvgIpc) is 2.63. The third-order valence-electron chi connectivity index (χ3n) is 4.16. The number of nitrogens with zero attached hydrogens (tertiary/aromatic N) is 2. The number of aromatic nitrogens is 2. The second-order valence-electron chi connectivity index (χ2n) is 5.97. The second kappa shape index (κ2) is 7.67. The molecule has 138 valence electrons. The Labute approximate surface area is 146 Å². The molecule has 0 unspecified atom stereocenters. The van der Waals surface area contributed by atoms with E-state index < -0.39 is 34.7 Å². The lowest BCUT2D eigenvalue weighted by molar-refractivity contribution is 0.0880. The monoisotopic (exact) mass is 369 g/mol. The van der Waals surface area contributed by atoms with E-state index in [1.54, 1.807) is 0 Å². The van der Waals surface area contributed by atoms with Gasteiger partial charge in [-0.25, -0.2) is 27.5 Å². The lowest BCUT2D eigenvalue weighted by Crippen LogP contribution is -2.40. The Bertz CT molecular complexity index is 793. The predicted molar refractivity (Wildman–Crippen MR) is 82.4 cm³/mol. The molecule has 1 aliphatic rings. The van der Waals surface area contributed by atoms with Gasteiger partial charge < -0.3 is 10.1 Å². The first-order valence-electron chi connectivity index (χ1n) is 8.02. The lowest BCUT2D eigenvalue weighted by Gasteiger charge is -2.28. The van der Waals surface area contributed by atoms with Crippen LogP contribution in [-0.4, -0.2) is 28.0 Å². The number of hydrogen-bond donors (Lipinski definition) is 1. The van der Waals surface area contributed by atoms with Gasteiger partial charge in [-0.15, -0.1) is 0 Å². The summed E-state index contributed by atoms with van der Waals surface area (Å²) in [7, 11) is 0. The number of ether oxygens (including phenoxy) is 1. The minimum atomic E-state index is -1.67. The smallest absolute Gasteiger partial charge is 0.316 e. The van der Waals surface area contributed by atoms with Crippen molar-refractivity contribution in [3.05, 3.63) is 53.4 Å². The highest BCUT2D eigenvalue weighted by molar-refractivity contribution is 5.94. The van der Waals surface area contributed by atoms with Gasteiger partial charge >= 0.3 is 6.01 Å². The summed E-state index contributed by atoms with van der Waals surface area (Å²) in [5.41, 5.74) is -0.540. The molecular weight excluding hydrogens is 354 g/mol. The first-order chi connectivity index (χ1) is 12.4. The Balaban J connectivity index is 1.53. The van der Waals surface area contributed by atoms with Crippen LogP contribution in [0.3, 0.4) is 0 Å². The molecular formula is C17H15F4N3O2. The van der Waals surface area contributed by atoms with Crippen LogP contribution < -0.4 is 10.1 Å². The Morgan fingerprint density at radius 3 is 2.31 bits per heavy atom. The van der Waals surface area contributed by atoms with Crippen molar-refractivity contribution in [1.29, 1.82) is 0 Å². The molecule has 1 heterocycles. The van der Waals surface area contributed by atoms with Crippen molar-refractivity contribution in [2.45, 2.75) is 37.8 Å². The number of halogens is 4. The fraction of sp³-hybridized carbons (Fsp3) is 0.353. The number of amides is 1. The molecule has 1 N–H and O–H groups in total. The van der Waals surface area contributed by atoms with Gasteiger partial charge in [0.25, 0.3) is 5.91 Å². The molecule has 5 nitrogen and oxygen atoms in total. The van der Waals surface area contributed by atoms with E-state index in [4.69, 9.17) is 4.74 Å². The molecule has 1 saturated carbocycles. The van der Waals surface area contributed by atoms with Crippen LogP contribution in [0.15, 0.2) is 24.5 Å². The van der Waals surface area contributed by atoms with E-state index in [9.17, 15) is 22.4 Å². The SMILES string of the molecule is O=C(NC1CCC(Oc2ncc(F)cn2)CC1)c1ccc(F)c(F)c1F. The van der Waals surface area contributed by atoms with E-state index in [-0.39, 0.29) is 18.2 Å². The fourth-order valence-corrected chi connectivity index (χ4v) is 2.80. The van der Waals surface area contributed by atoms with Gasteiger partial charge in [0.05, 0.1) is 18.0 Å². The van der Waals surface area contributed by atoms with E-state index >= 15 is 0 Å². The quantitative estimate of drug-likeness (QED) is 0.664. The standard InChI is InChI=1S/C17H15F4N3O2/c18-9-7-22-17(23-8-9)26-11-3-1-10(2-4-11)24-16(25)12-5-6-13(19)15(21)14(12)20/h5-8,10-11H,1-4H2,(H,24,25). The van der Waals surface area contributed by atoms with Gasteiger partial charge in [0.2, 0.25) is 0 Å². The van der Waals surface area contributed by atoms with E-state index in [1.807, 2.05) is 0 Å². The maximum atomic E-state index is 13.7. The third kappa shape index (κ3) is 4.09. The Morgan fingerprint density at radius 1 is 1.00 bits per heavy atom. The van der Waals surface area contributed by atoms with Crippen molar-refractivity contribution < 1.29 is 27.1 Å². The Hall–Kier alpha value is -2.71. The third-order valence-corrected chi connectivity index (χ3v) is 4.16. The number of carbonyl (C=O) groups is 1. The van der Waals surface area contributed by atoms with Crippen LogP contribution in [0, 0.1) is 23.3 Å². The molecule has 0 atom stereocenters. The zero-order valence-electron chi connectivity index (χ0n) is 13.5. The molecule has 1 aliphatic carbocycles. The summed E-state index contributed by atoms with van der Waals surface area (Å²) in [4.78, 5) is 19.5. The highest BCUT2D eigenvalue weighted by Gasteiger charge is 2.26. The molecule has 3 rings (SSSR count). The number of hydrogen-bond acceptors (Lipinski definition) is 4. The van der Waals surface area contributed by atoms with E-state index in [0.717, 1.165) is 18.5 Å². The van der Waals surface area contributed by atoms with Crippen LogP contribution in [-0.2, 0) is 0 Å². The molecule has 9 heteroatoms. The molecule has 0 saturated heterocycles. The minimum absolute atomic E-state index is 0.0720. The van der Waals surface area contributed by atoms with E-state index in [2.05, 4.69) is 15.3 Å². The Kier molecular flexibility index (Phi) is 5.34. The summed E-state index contributed by atoms with van der Waals surface area (Å²) in [5, 5.41) is 2.61. The molecule has 0 aliphatic heterocycles. The largest absolute Gasteiger partial charge is 0.460 e. The van der Waals surface area contributed by atoms with Crippen LogP contribution in [0.1, 0.15) is 36.0 Å². The van der Waals surface area contributed by atoms with Crippen LogP contribution in [0.25, 0.3) is 0 Å². The van der Waals surface area contributed by atoms with Gasteiger partial charge in [0, 0.05) is 6.04 Å². The topological polar surface area (TPSA) is 64.1 Å². The van der Waals surface area contributed by atoms with Crippen LogP contribution in [0.5, 0.6) is 6.01 Å². The lowest BCUT2D eigenvalue weighted by atomic mass is 9.92. The minimum Gasteiger partial charge on any atom is -0.460 e. The molecule has 0 spiro atoms. The predicted octanol–water partition coefficient (Wildman–Crippen LogP) is 3.15. The van der Waals surface area contributed by atoms with Gasteiger partial charge in [-0.3, -0.25) is 4.79 Å². The van der Waals surface area contributed by atoms with Crippen molar-refractivity contribution in [2.24, 2.45) is 0 Å². The number of benzene rings is 1. The van der Waals surface area contributed by atoms with Crippen molar-refractivity contribution in [2.75, 3.05) is 0 Å². The zero-order chi connectivity index (χ0) is 18.7. The number of nitrogens with one attached hydrogen (secondary N) is 1. The summed E-state index contributed by atoms with van der Waals surface area (Å²) in [6.45, 7) is 0. The molecule has 0 radical (unpaired) electrons. The molecule has 1 fully saturated rings. The number of carbonyl (C=O) groups excluding carboxylic acids is 1. The van der Waals surface area contributed by atoms with Crippen molar-refractivity contribution in [3.8, 4) is 6.01 Å². The first-order valence-corrected chi connectivity index (χ1v) is 8.02. The van der Waals surface area contributed by atoms with Gasteiger partial charge in [-0.05, 0) is 37.8 Å². The highest BCUT2D eigenvalue weighted by atomic mass is 19.2. The van der Waals surface area contributed by atoms with Crippen LogP contribution in [0.2, 0.25) is 0 Å². The second-order valence-corrected chi connectivity index (χ2v) is 5.97.